The van der Waals surface area contributed by atoms with Gasteiger partial charge < -0.3 is 5.11 Å². The van der Waals surface area contributed by atoms with Gasteiger partial charge in [-0.3, -0.25) is 0 Å². The van der Waals surface area contributed by atoms with Crippen molar-refractivity contribution < 1.29 is 57.8 Å². The predicted octanol–water partition coefficient (Wildman–Crippen LogP) is 5.37. The van der Waals surface area contributed by atoms with Gasteiger partial charge in [0.15, 0.2) is 0 Å². The van der Waals surface area contributed by atoms with E-state index in [0.717, 1.165) is 6.92 Å². The van der Waals surface area contributed by atoms with Gasteiger partial charge in [-0.2, -0.15) is 52.7 Å². The van der Waals surface area contributed by atoms with Crippen LogP contribution in [0, 0.1) is 0 Å². The third-order valence-corrected chi connectivity index (χ3v) is 3.31. The first-order valence-electron chi connectivity index (χ1n) is 6.75. The van der Waals surface area contributed by atoms with Gasteiger partial charge in [-0.15, -0.1) is 0 Å². The normalized spacial score (nSPS) is 15.6. The van der Waals surface area contributed by atoms with Crippen LogP contribution in [0.15, 0.2) is 0 Å². The second kappa shape index (κ2) is 7.03. The quantitative estimate of drug-likeness (QED) is 0.487. The molecule has 0 fully saturated rings. The van der Waals surface area contributed by atoms with Crippen molar-refractivity contribution in [2.45, 2.75) is 68.1 Å². The molecule has 0 heterocycles. The Morgan fingerprint density at radius 3 is 1.16 bits per heavy atom. The molecule has 0 saturated heterocycles. The second-order valence-electron chi connectivity index (χ2n) is 5.28. The summed E-state index contributed by atoms with van der Waals surface area (Å²) in [5.41, 5.74) is 0. The molecule has 0 unspecified atom stereocenters. The lowest BCUT2D eigenvalue weighted by Gasteiger charge is -2.41. The number of rotatable bonds is 10. The molecule has 0 atom stereocenters. The maximum absolute atomic E-state index is 13.3. The van der Waals surface area contributed by atoms with Gasteiger partial charge in [0.1, 0.15) is 0 Å². The molecule has 0 aliphatic heterocycles. The highest BCUT2D eigenvalue weighted by Crippen LogP contribution is 2.61. The van der Waals surface area contributed by atoms with E-state index in [2.05, 4.69) is 0 Å². The van der Waals surface area contributed by atoms with Crippen LogP contribution in [0.5, 0.6) is 0 Å². The number of halogens is 12. The Labute approximate surface area is 134 Å². The van der Waals surface area contributed by atoms with Crippen molar-refractivity contribution in [1.29, 1.82) is 0 Å². The van der Waals surface area contributed by atoms with Gasteiger partial charge in [0.2, 0.25) is 0 Å². The van der Waals surface area contributed by atoms with Gasteiger partial charge >= 0.3 is 35.5 Å². The molecule has 25 heavy (non-hydrogen) atoms. The summed E-state index contributed by atoms with van der Waals surface area (Å²) in [5.74, 6) is -41.0. The van der Waals surface area contributed by atoms with E-state index in [4.69, 9.17) is 5.11 Å². The molecule has 0 amide bonds. The van der Waals surface area contributed by atoms with E-state index in [9.17, 15) is 52.7 Å². The van der Waals surface area contributed by atoms with Crippen LogP contribution in [0.2, 0.25) is 0 Å². The highest BCUT2D eigenvalue weighted by molar-refractivity contribution is 5.11. The average Bonchev–Trinajstić information content (AvgIpc) is 2.44. The summed E-state index contributed by atoms with van der Waals surface area (Å²) in [4.78, 5) is 0. The van der Waals surface area contributed by atoms with Crippen LogP contribution in [0.3, 0.4) is 0 Å². The minimum Gasteiger partial charge on any atom is -0.396 e. The van der Waals surface area contributed by atoms with E-state index in [-0.39, 0.29) is 0 Å². The largest absolute Gasteiger partial charge is 0.396 e. The molecule has 0 rings (SSSR count). The Morgan fingerprint density at radius 1 is 0.560 bits per heavy atom. The number of hydrogen-bond acceptors (Lipinski definition) is 1. The maximum atomic E-state index is 13.3. The van der Waals surface area contributed by atoms with E-state index in [1.807, 2.05) is 0 Å². The van der Waals surface area contributed by atoms with Crippen molar-refractivity contribution in [2.75, 3.05) is 6.61 Å². The Kier molecular flexibility index (Phi) is 6.78. The van der Waals surface area contributed by atoms with Crippen LogP contribution < -0.4 is 0 Å². The summed E-state index contributed by atoms with van der Waals surface area (Å²) in [6, 6.07) is 0. The number of hydrogen-bond donors (Lipinski definition) is 1. The Morgan fingerprint density at radius 2 is 0.880 bits per heavy atom. The van der Waals surface area contributed by atoms with Crippen molar-refractivity contribution in [3.05, 3.63) is 0 Å². The summed E-state index contributed by atoms with van der Waals surface area (Å²) in [7, 11) is 0. The molecule has 0 aliphatic carbocycles. The molecule has 1 nitrogen and oxygen atoms in total. The monoisotopic (exact) mass is 402 g/mol. The Balaban J connectivity index is 6.11. The molecule has 0 aliphatic rings. The molecule has 0 radical (unpaired) electrons. The van der Waals surface area contributed by atoms with Gasteiger partial charge in [-0.1, -0.05) is 13.3 Å². The second-order valence-corrected chi connectivity index (χ2v) is 5.28. The molecule has 13 heteroatoms. The van der Waals surface area contributed by atoms with Crippen LogP contribution in [0.1, 0.15) is 32.6 Å². The highest BCUT2D eigenvalue weighted by Gasteiger charge is 2.89. The van der Waals surface area contributed by atoms with Crippen LogP contribution in [-0.4, -0.2) is 47.2 Å². The van der Waals surface area contributed by atoms with Crippen LogP contribution in [0.25, 0.3) is 0 Å². The zero-order valence-electron chi connectivity index (χ0n) is 12.5. The summed E-state index contributed by atoms with van der Waals surface area (Å²) >= 11 is 0. The molecule has 0 saturated carbocycles. The zero-order valence-corrected chi connectivity index (χ0v) is 12.5. The summed E-state index contributed by atoms with van der Waals surface area (Å²) in [6.45, 7) is -0.434. The lowest BCUT2D eigenvalue weighted by Crippen LogP contribution is -2.70. The van der Waals surface area contributed by atoms with E-state index >= 15 is 0 Å². The van der Waals surface area contributed by atoms with E-state index in [1.54, 1.807) is 0 Å². The van der Waals surface area contributed by atoms with Gasteiger partial charge in [-0.25, -0.2) is 0 Å². The van der Waals surface area contributed by atoms with Gasteiger partial charge in [0.05, 0.1) is 0 Å². The van der Waals surface area contributed by atoms with Crippen molar-refractivity contribution in [3.63, 3.8) is 0 Å². The third-order valence-electron chi connectivity index (χ3n) is 3.31. The average molecular weight is 402 g/mol. The van der Waals surface area contributed by atoms with Crippen LogP contribution >= 0.6 is 0 Å². The molecule has 1 N–H and O–H groups in total. The van der Waals surface area contributed by atoms with E-state index in [0.29, 0.717) is 0 Å². The van der Waals surface area contributed by atoms with E-state index in [1.165, 1.54) is 0 Å². The first kappa shape index (κ1) is 24.1. The van der Waals surface area contributed by atoms with E-state index < -0.39 is 67.8 Å². The number of aliphatic hydroxyl groups excluding tert-OH is 1. The Bertz CT molecular complexity index is 445. The van der Waals surface area contributed by atoms with Crippen molar-refractivity contribution in [3.8, 4) is 0 Å². The van der Waals surface area contributed by atoms with Gasteiger partial charge in [0, 0.05) is 19.4 Å². The lowest BCUT2D eigenvalue weighted by atomic mass is 9.89. The Hall–Kier alpha value is -0.880. The highest BCUT2D eigenvalue weighted by atomic mass is 19.4. The molecule has 152 valence electrons. The standard InChI is InChI=1S/C12H14F12O/c1-2-4-7(13,14)9(17,18)11(21,22)12(23,24)10(19,20)8(15,16)5-3-6-25/h25H,2-6H2,1H3. The molecule has 0 aromatic rings. The van der Waals surface area contributed by atoms with Crippen LogP contribution in [0.4, 0.5) is 52.7 Å². The van der Waals surface area contributed by atoms with Crippen molar-refractivity contribution in [1.82, 2.24) is 0 Å². The summed E-state index contributed by atoms with van der Waals surface area (Å²) in [6.07, 6.45) is -6.50. The molecule has 0 aromatic heterocycles. The molecular weight excluding hydrogens is 388 g/mol. The van der Waals surface area contributed by atoms with Crippen molar-refractivity contribution in [2.24, 2.45) is 0 Å². The lowest BCUT2D eigenvalue weighted by molar-refractivity contribution is -0.425. The molecular formula is C12H14F12O. The predicted molar refractivity (Wildman–Crippen MR) is 60.9 cm³/mol. The summed E-state index contributed by atoms with van der Waals surface area (Å²) < 4.78 is 159. The fraction of sp³-hybridized carbons (Fsp3) is 1.00. The van der Waals surface area contributed by atoms with Crippen molar-refractivity contribution >= 4 is 0 Å². The maximum Gasteiger partial charge on any atom is 0.384 e. The fourth-order valence-electron chi connectivity index (χ4n) is 1.78. The fourth-order valence-corrected chi connectivity index (χ4v) is 1.78. The third kappa shape index (κ3) is 3.65. The van der Waals surface area contributed by atoms with Gasteiger partial charge in [-0.05, 0) is 6.42 Å². The SMILES string of the molecule is CCCC(F)(F)C(F)(F)C(F)(F)C(F)(F)C(F)(F)C(F)(F)CCCO. The first-order valence-corrected chi connectivity index (χ1v) is 6.75. The first-order chi connectivity index (χ1) is 10.9. The zero-order chi connectivity index (χ0) is 20.5. The summed E-state index contributed by atoms with van der Waals surface area (Å²) in [5, 5.41) is 8.22. The molecule has 0 aromatic carbocycles. The molecule has 0 bridgehead atoms. The number of aliphatic hydroxyl groups is 1. The van der Waals surface area contributed by atoms with Crippen LogP contribution in [-0.2, 0) is 0 Å². The minimum atomic E-state index is -7.51. The smallest absolute Gasteiger partial charge is 0.384 e. The molecule has 0 spiro atoms. The minimum absolute atomic E-state index is 0.790. The van der Waals surface area contributed by atoms with Gasteiger partial charge in [0.25, 0.3) is 0 Å². The number of alkyl halides is 12. The topological polar surface area (TPSA) is 20.2 Å².